The highest BCUT2D eigenvalue weighted by Crippen LogP contribution is 2.15. The molecule has 3 atom stereocenters. The Morgan fingerprint density at radius 1 is 1.11 bits per heavy atom. The number of rotatable bonds is 5. The number of esters is 1. The average molecular weight is 390 g/mol. The van der Waals surface area contributed by atoms with E-state index in [4.69, 9.17) is 14.2 Å². The van der Waals surface area contributed by atoms with E-state index in [0.29, 0.717) is 31.9 Å². The molecule has 2 saturated heterocycles. The van der Waals surface area contributed by atoms with Gasteiger partial charge in [0.25, 0.3) is 5.91 Å². The van der Waals surface area contributed by atoms with Gasteiger partial charge < -0.3 is 19.1 Å². The molecule has 28 heavy (non-hydrogen) atoms. The van der Waals surface area contributed by atoms with Crippen LogP contribution in [0.3, 0.4) is 0 Å². The van der Waals surface area contributed by atoms with Crippen molar-refractivity contribution >= 4 is 11.9 Å². The van der Waals surface area contributed by atoms with Gasteiger partial charge >= 0.3 is 5.97 Å². The quantitative estimate of drug-likeness (QED) is 0.713. The van der Waals surface area contributed by atoms with Gasteiger partial charge in [0, 0.05) is 32.7 Å². The molecule has 0 N–H and O–H groups in total. The fourth-order valence-corrected chi connectivity index (χ4v) is 3.74. The van der Waals surface area contributed by atoms with Crippen molar-refractivity contribution in [1.82, 2.24) is 9.80 Å². The SMILES string of the molecule is CC1CN(Cc2ccc(C(=O)OC(C)C(=O)N3CCOCC3)cc2)CC(C)O1. The Labute approximate surface area is 166 Å². The van der Waals surface area contributed by atoms with Crippen LogP contribution in [0, 0.1) is 0 Å². The van der Waals surface area contributed by atoms with Gasteiger partial charge in [0.2, 0.25) is 0 Å². The molecule has 0 saturated carbocycles. The first-order valence-electron chi connectivity index (χ1n) is 9.96. The lowest BCUT2D eigenvalue weighted by Crippen LogP contribution is -2.46. The fourth-order valence-electron chi connectivity index (χ4n) is 3.74. The number of benzene rings is 1. The van der Waals surface area contributed by atoms with Gasteiger partial charge in [-0.3, -0.25) is 9.69 Å². The maximum atomic E-state index is 12.4. The number of ether oxygens (including phenoxy) is 3. The summed E-state index contributed by atoms with van der Waals surface area (Å²) in [4.78, 5) is 28.8. The molecule has 2 fully saturated rings. The second-order valence-electron chi connectivity index (χ2n) is 7.63. The first-order valence-corrected chi connectivity index (χ1v) is 9.96. The molecule has 0 aromatic heterocycles. The molecular formula is C21H30N2O5. The lowest BCUT2D eigenvalue weighted by atomic mass is 10.1. The van der Waals surface area contributed by atoms with Gasteiger partial charge in [0.1, 0.15) is 0 Å². The van der Waals surface area contributed by atoms with Crippen LogP contribution >= 0.6 is 0 Å². The van der Waals surface area contributed by atoms with Gasteiger partial charge in [-0.2, -0.15) is 0 Å². The van der Waals surface area contributed by atoms with E-state index in [2.05, 4.69) is 18.7 Å². The number of carbonyl (C=O) groups excluding carboxylic acids is 2. The summed E-state index contributed by atoms with van der Waals surface area (Å²) in [6.07, 6.45) is -0.353. The van der Waals surface area contributed by atoms with Crippen molar-refractivity contribution in [1.29, 1.82) is 0 Å². The molecule has 2 heterocycles. The van der Waals surface area contributed by atoms with Crippen LogP contribution in [0.25, 0.3) is 0 Å². The number of hydrogen-bond acceptors (Lipinski definition) is 6. The Hall–Kier alpha value is -1.96. The summed E-state index contributed by atoms with van der Waals surface area (Å²) in [6.45, 7) is 10.5. The van der Waals surface area contributed by atoms with Crippen molar-refractivity contribution in [3.63, 3.8) is 0 Å². The molecule has 3 rings (SSSR count). The zero-order valence-electron chi connectivity index (χ0n) is 16.9. The van der Waals surface area contributed by atoms with Crippen LogP contribution in [0.2, 0.25) is 0 Å². The van der Waals surface area contributed by atoms with Gasteiger partial charge in [-0.15, -0.1) is 0 Å². The van der Waals surface area contributed by atoms with Crippen LogP contribution in [0.5, 0.6) is 0 Å². The molecule has 7 nitrogen and oxygen atoms in total. The third kappa shape index (κ3) is 5.53. The number of carbonyl (C=O) groups is 2. The Balaban J connectivity index is 1.52. The van der Waals surface area contributed by atoms with E-state index in [1.807, 2.05) is 12.1 Å². The lowest BCUT2D eigenvalue weighted by molar-refractivity contribution is -0.143. The Morgan fingerprint density at radius 3 is 2.32 bits per heavy atom. The van der Waals surface area contributed by atoms with E-state index in [-0.39, 0.29) is 18.1 Å². The minimum absolute atomic E-state index is 0.177. The minimum atomic E-state index is -0.804. The smallest absolute Gasteiger partial charge is 0.338 e. The molecule has 1 amide bonds. The molecule has 1 aromatic carbocycles. The van der Waals surface area contributed by atoms with Gasteiger partial charge in [0.05, 0.1) is 31.0 Å². The predicted molar refractivity (Wildman–Crippen MR) is 104 cm³/mol. The Bertz CT molecular complexity index is 662. The van der Waals surface area contributed by atoms with Crippen LogP contribution in [-0.2, 0) is 25.5 Å². The van der Waals surface area contributed by atoms with Crippen molar-refractivity contribution in [3.05, 3.63) is 35.4 Å². The molecule has 7 heteroatoms. The summed E-state index contributed by atoms with van der Waals surface area (Å²) in [6, 6.07) is 7.40. The first-order chi connectivity index (χ1) is 13.4. The zero-order chi connectivity index (χ0) is 20.1. The highest BCUT2D eigenvalue weighted by molar-refractivity contribution is 5.92. The average Bonchev–Trinajstić information content (AvgIpc) is 2.67. The Morgan fingerprint density at radius 2 is 1.71 bits per heavy atom. The fraction of sp³-hybridized carbons (Fsp3) is 0.619. The van der Waals surface area contributed by atoms with E-state index < -0.39 is 12.1 Å². The summed E-state index contributed by atoms with van der Waals surface area (Å²) in [7, 11) is 0. The van der Waals surface area contributed by atoms with Crippen LogP contribution in [0.1, 0.15) is 36.7 Å². The van der Waals surface area contributed by atoms with Crippen LogP contribution in [0.15, 0.2) is 24.3 Å². The molecule has 0 aliphatic carbocycles. The Kier molecular flexibility index (Phi) is 7.04. The molecule has 3 unspecified atom stereocenters. The van der Waals surface area contributed by atoms with E-state index in [9.17, 15) is 9.59 Å². The number of hydrogen-bond donors (Lipinski definition) is 0. The molecule has 0 spiro atoms. The zero-order valence-corrected chi connectivity index (χ0v) is 16.9. The van der Waals surface area contributed by atoms with Crippen LogP contribution in [-0.4, -0.2) is 79.4 Å². The second kappa shape index (κ2) is 9.49. The van der Waals surface area contributed by atoms with Crippen LogP contribution in [0.4, 0.5) is 0 Å². The van der Waals surface area contributed by atoms with Gasteiger partial charge in [-0.25, -0.2) is 4.79 Å². The van der Waals surface area contributed by atoms with E-state index in [1.54, 1.807) is 24.0 Å². The van der Waals surface area contributed by atoms with Gasteiger partial charge in [0.15, 0.2) is 6.10 Å². The van der Waals surface area contributed by atoms with Crippen LogP contribution < -0.4 is 0 Å². The maximum absolute atomic E-state index is 12.4. The monoisotopic (exact) mass is 390 g/mol. The van der Waals surface area contributed by atoms with Crippen molar-refractivity contribution < 1.29 is 23.8 Å². The topological polar surface area (TPSA) is 68.3 Å². The number of morpholine rings is 2. The second-order valence-corrected chi connectivity index (χ2v) is 7.63. The van der Waals surface area contributed by atoms with Crippen molar-refractivity contribution in [2.24, 2.45) is 0 Å². The normalized spacial score (nSPS) is 24.6. The van der Waals surface area contributed by atoms with Crippen molar-refractivity contribution in [2.75, 3.05) is 39.4 Å². The summed E-state index contributed by atoms with van der Waals surface area (Å²) in [5, 5.41) is 0. The van der Waals surface area contributed by atoms with E-state index >= 15 is 0 Å². The molecular weight excluding hydrogens is 360 g/mol. The lowest BCUT2D eigenvalue weighted by Gasteiger charge is -2.35. The molecule has 1 aromatic rings. The summed E-state index contributed by atoms with van der Waals surface area (Å²) in [5.41, 5.74) is 1.59. The van der Waals surface area contributed by atoms with Crippen molar-refractivity contribution in [2.45, 2.75) is 45.6 Å². The molecule has 0 radical (unpaired) electrons. The highest BCUT2D eigenvalue weighted by atomic mass is 16.5. The predicted octanol–water partition coefficient (Wildman–Crippen LogP) is 1.70. The molecule has 154 valence electrons. The summed E-state index contributed by atoms with van der Waals surface area (Å²) < 4.78 is 16.4. The standard InChI is InChI=1S/C21H30N2O5/c1-15-12-22(13-16(2)27-15)14-18-4-6-19(7-5-18)21(25)28-17(3)20(24)23-8-10-26-11-9-23/h4-7,15-17H,8-14H2,1-3H3. The molecule has 0 bridgehead atoms. The first kappa shape index (κ1) is 20.8. The van der Waals surface area contributed by atoms with E-state index in [1.165, 1.54) is 0 Å². The highest BCUT2D eigenvalue weighted by Gasteiger charge is 2.26. The minimum Gasteiger partial charge on any atom is -0.449 e. The number of nitrogens with zero attached hydrogens (tertiary/aromatic N) is 2. The third-order valence-electron chi connectivity index (χ3n) is 5.05. The maximum Gasteiger partial charge on any atom is 0.338 e. The van der Waals surface area contributed by atoms with Gasteiger partial charge in [-0.1, -0.05) is 12.1 Å². The number of amides is 1. The summed E-state index contributed by atoms with van der Waals surface area (Å²) in [5.74, 6) is -0.655. The molecule has 2 aliphatic heterocycles. The summed E-state index contributed by atoms with van der Waals surface area (Å²) >= 11 is 0. The van der Waals surface area contributed by atoms with Gasteiger partial charge in [-0.05, 0) is 38.5 Å². The third-order valence-corrected chi connectivity index (χ3v) is 5.05. The van der Waals surface area contributed by atoms with E-state index in [0.717, 1.165) is 25.2 Å². The largest absolute Gasteiger partial charge is 0.449 e. The molecule has 2 aliphatic rings. The van der Waals surface area contributed by atoms with Crippen molar-refractivity contribution in [3.8, 4) is 0 Å².